The summed E-state index contributed by atoms with van der Waals surface area (Å²) in [6.45, 7) is 1.28. The molecule has 2 aromatic carbocycles. The molecule has 132 valence electrons. The van der Waals surface area contributed by atoms with Crippen molar-refractivity contribution in [2.75, 3.05) is 13.1 Å². The van der Waals surface area contributed by atoms with Crippen LogP contribution in [-0.4, -0.2) is 22.9 Å². The fourth-order valence-corrected chi connectivity index (χ4v) is 3.47. The average Bonchev–Trinajstić information content (AvgIpc) is 2.61. The van der Waals surface area contributed by atoms with Gasteiger partial charge >= 0.3 is 0 Å². The molecule has 0 amide bonds. The summed E-state index contributed by atoms with van der Waals surface area (Å²) >= 11 is 2.44. The van der Waals surface area contributed by atoms with Crippen LogP contribution in [0.2, 0.25) is 0 Å². The highest BCUT2D eigenvalue weighted by atomic mass is 32.2. The van der Waals surface area contributed by atoms with E-state index in [9.17, 15) is 20.2 Å². The Hall–Kier alpha value is -2.14. The minimum atomic E-state index is -0.408. The second kappa shape index (κ2) is 9.99. The van der Waals surface area contributed by atoms with Gasteiger partial charge in [-0.25, -0.2) is 0 Å². The molecular formula is C15H16N4O4S2. The quantitative estimate of drug-likeness (QED) is 0.277. The maximum Gasteiger partial charge on any atom is 0.284 e. The molecule has 2 rings (SSSR count). The second-order valence-corrected chi connectivity index (χ2v) is 6.66. The first-order valence-corrected chi connectivity index (χ1v) is 8.99. The minimum Gasteiger partial charge on any atom is -0.260 e. The number of nitrogens with zero attached hydrogens (tertiary/aromatic N) is 2. The molecule has 0 saturated heterocycles. The van der Waals surface area contributed by atoms with Crippen LogP contribution in [0, 0.1) is 20.2 Å². The average molecular weight is 380 g/mol. The predicted molar refractivity (Wildman–Crippen MR) is 98.5 cm³/mol. The smallest absolute Gasteiger partial charge is 0.260 e. The van der Waals surface area contributed by atoms with Crippen molar-refractivity contribution in [1.29, 1.82) is 0 Å². The zero-order valence-corrected chi connectivity index (χ0v) is 14.7. The molecule has 0 bridgehead atoms. The number of nitro groups is 2. The van der Waals surface area contributed by atoms with E-state index in [0.29, 0.717) is 22.9 Å². The van der Waals surface area contributed by atoms with Gasteiger partial charge < -0.3 is 0 Å². The molecule has 0 spiro atoms. The van der Waals surface area contributed by atoms with E-state index in [1.807, 2.05) is 0 Å². The van der Waals surface area contributed by atoms with Gasteiger partial charge in [-0.05, 0) is 42.4 Å². The Labute approximate surface area is 153 Å². The first-order valence-electron chi connectivity index (χ1n) is 7.36. The maximum atomic E-state index is 10.9. The second-order valence-electron chi connectivity index (χ2n) is 4.80. The van der Waals surface area contributed by atoms with Gasteiger partial charge in [0.2, 0.25) is 0 Å². The van der Waals surface area contributed by atoms with Crippen LogP contribution in [0.1, 0.15) is 6.42 Å². The molecule has 0 aliphatic carbocycles. The van der Waals surface area contributed by atoms with Gasteiger partial charge in [-0.15, -0.1) is 0 Å². The summed E-state index contributed by atoms with van der Waals surface area (Å²) in [5.41, 5.74) is 0.148. The monoisotopic (exact) mass is 380 g/mol. The third-order valence-corrected chi connectivity index (χ3v) is 4.87. The molecular weight excluding hydrogens is 364 g/mol. The van der Waals surface area contributed by atoms with Gasteiger partial charge in [-0.3, -0.25) is 29.7 Å². The van der Waals surface area contributed by atoms with Gasteiger partial charge in [0.1, 0.15) is 9.79 Å². The van der Waals surface area contributed by atoms with Crippen molar-refractivity contribution in [2.45, 2.75) is 16.2 Å². The molecule has 0 unspecified atom stereocenters. The van der Waals surface area contributed by atoms with E-state index < -0.39 is 9.85 Å². The van der Waals surface area contributed by atoms with Crippen LogP contribution in [0.15, 0.2) is 58.3 Å². The summed E-state index contributed by atoms with van der Waals surface area (Å²) in [5, 5.41) is 21.8. The van der Waals surface area contributed by atoms with E-state index in [1.165, 1.54) is 36.0 Å². The standard InChI is InChI=1S/C15H16N4O4S2/c20-18(21)12-6-1-3-8-14(12)24-16-10-5-11-17-25-15-9-4-2-7-13(15)19(22)23/h1-4,6-9,16-17H,5,10-11H2. The highest BCUT2D eigenvalue weighted by molar-refractivity contribution is 7.97. The zero-order chi connectivity index (χ0) is 18.1. The third-order valence-electron chi connectivity index (χ3n) is 3.05. The molecule has 0 radical (unpaired) electrons. The van der Waals surface area contributed by atoms with E-state index in [4.69, 9.17) is 0 Å². The van der Waals surface area contributed by atoms with Crippen molar-refractivity contribution in [1.82, 2.24) is 9.44 Å². The van der Waals surface area contributed by atoms with Crippen LogP contribution >= 0.6 is 23.9 Å². The SMILES string of the molecule is O=[N+]([O-])c1ccccc1SNCCCNSc1ccccc1[N+](=O)[O-]. The lowest BCUT2D eigenvalue weighted by Crippen LogP contribution is -2.13. The number of rotatable bonds is 10. The molecule has 10 heteroatoms. The number of hydrogen-bond acceptors (Lipinski definition) is 8. The lowest BCUT2D eigenvalue weighted by atomic mass is 10.3. The van der Waals surface area contributed by atoms with Crippen molar-refractivity contribution in [2.24, 2.45) is 0 Å². The van der Waals surface area contributed by atoms with Gasteiger partial charge in [0, 0.05) is 25.2 Å². The normalized spacial score (nSPS) is 10.6. The van der Waals surface area contributed by atoms with E-state index in [-0.39, 0.29) is 11.4 Å². The van der Waals surface area contributed by atoms with Crippen LogP contribution in [-0.2, 0) is 0 Å². The summed E-state index contributed by atoms with van der Waals surface area (Å²) in [6, 6.07) is 13.1. The largest absolute Gasteiger partial charge is 0.284 e. The Balaban J connectivity index is 1.68. The summed E-state index contributed by atoms with van der Waals surface area (Å²) in [6.07, 6.45) is 0.765. The first-order chi connectivity index (χ1) is 12.1. The Morgan fingerprint density at radius 2 is 1.16 bits per heavy atom. The first kappa shape index (κ1) is 19.2. The van der Waals surface area contributed by atoms with Gasteiger partial charge in [0.05, 0.1) is 9.85 Å². The number of para-hydroxylation sites is 2. The van der Waals surface area contributed by atoms with Crippen molar-refractivity contribution in [3.8, 4) is 0 Å². The van der Waals surface area contributed by atoms with Crippen molar-refractivity contribution < 1.29 is 9.85 Å². The molecule has 25 heavy (non-hydrogen) atoms. The predicted octanol–water partition coefficient (Wildman–Crippen LogP) is 3.79. The summed E-state index contributed by atoms with van der Waals surface area (Å²) in [5.74, 6) is 0. The molecule has 0 atom stereocenters. The lowest BCUT2D eigenvalue weighted by Gasteiger charge is -2.06. The topological polar surface area (TPSA) is 110 Å². The molecule has 0 saturated carbocycles. The molecule has 8 nitrogen and oxygen atoms in total. The highest BCUT2D eigenvalue weighted by Crippen LogP contribution is 2.27. The Bertz CT molecular complexity index is 683. The van der Waals surface area contributed by atoms with Gasteiger partial charge in [-0.2, -0.15) is 0 Å². The van der Waals surface area contributed by atoms with Crippen LogP contribution in [0.3, 0.4) is 0 Å². The molecule has 0 aliphatic heterocycles. The Morgan fingerprint density at radius 3 is 1.56 bits per heavy atom. The van der Waals surface area contributed by atoms with Crippen LogP contribution in [0.4, 0.5) is 11.4 Å². The van der Waals surface area contributed by atoms with E-state index in [0.717, 1.165) is 6.42 Å². The summed E-state index contributed by atoms with van der Waals surface area (Å²) in [7, 11) is 0. The Morgan fingerprint density at radius 1 is 0.760 bits per heavy atom. The fraction of sp³-hybridized carbons (Fsp3) is 0.200. The van der Waals surface area contributed by atoms with E-state index in [2.05, 4.69) is 9.44 Å². The Kier molecular flexibility index (Phi) is 7.67. The molecule has 0 aromatic heterocycles. The van der Waals surface area contributed by atoms with Crippen molar-refractivity contribution in [3.63, 3.8) is 0 Å². The zero-order valence-electron chi connectivity index (χ0n) is 13.1. The van der Waals surface area contributed by atoms with Crippen molar-refractivity contribution >= 4 is 35.3 Å². The number of benzene rings is 2. The molecule has 0 aliphatic rings. The minimum absolute atomic E-state index is 0.0741. The molecule has 2 N–H and O–H groups in total. The third kappa shape index (κ3) is 6.02. The van der Waals surface area contributed by atoms with Crippen LogP contribution in [0.25, 0.3) is 0 Å². The van der Waals surface area contributed by atoms with Crippen molar-refractivity contribution in [3.05, 3.63) is 68.8 Å². The summed E-state index contributed by atoms with van der Waals surface area (Å²) < 4.78 is 6.16. The number of nitrogens with one attached hydrogen (secondary N) is 2. The van der Waals surface area contributed by atoms with Gasteiger partial charge in [-0.1, -0.05) is 24.3 Å². The molecule has 0 heterocycles. The van der Waals surface area contributed by atoms with E-state index in [1.54, 1.807) is 36.4 Å². The maximum absolute atomic E-state index is 10.9. The number of nitro benzene ring substituents is 2. The highest BCUT2D eigenvalue weighted by Gasteiger charge is 2.13. The molecule has 2 aromatic rings. The molecule has 0 fully saturated rings. The van der Waals surface area contributed by atoms with Crippen LogP contribution < -0.4 is 9.44 Å². The van der Waals surface area contributed by atoms with E-state index >= 15 is 0 Å². The fourth-order valence-electron chi connectivity index (χ4n) is 1.88. The van der Waals surface area contributed by atoms with Gasteiger partial charge in [0.15, 0.2) is 0 Å². The number of hydrogen-bond donors (Lipinski definition) is 2. The van der Waals surface area contributed by atoms with Gasteiger partial charge in [0.25, 0.3) is 11.4 Å². The summed E-state index contributed by atoms with van der Waals surface area (Å²) in [4.78, 5) is 22.1. The lowest BCUT2D eigenvalue weighted by molar-refractivity contribution is -0.387. The van der Waals surface area contributed by atoms with Crippen LogP contribution in [0.5, 0.6) is 0 Å².